The lowest BCUT2D eigenvalue weighted by atomic mass is 9.85. The van der Waals surface area contributed by atoms with Crippen LogP contribution in [-0.2, 0) is 28.5 Å². The van der Waals surface area contributed by atoms with Crippen LogP contribution < -0.4 is 5.32 Å². The van der Waals surface area contributed by atoms with Gasteiger partial charge in [0.2, 0.25) is 5.91 Å². The smallest absolute Gasteiger partial charge is 0.313 e. The Morgan fingerprint density at radius 3 is 2.43 bits per heavy atom. The molecule has 0 spiro atoms. The average Bonchev–Trinajstić information content (AvgIpc) is 2.91. The maximum absolute atomic E-state index is 12.0. The predicted octanol–water partition coefficient (Wildman–Crippen LogP) is 2.35. The second-order valence-corrected chi connectivity index (χ2v) is 6.08. The van der Waals surface area contributed by atoms with Crippen LogP contribution in [0, 0.1) is 0 Å². The van der Waals surface area contributed by atoms with Crippen molar-refractivity contribution in [2.45, 2.75) is 32.1 Å². The summed E-state index contributed by atoms with van der Waals surface area (Å²) in [5, 5.41) is 16.1. The van der Waals surface area contributed by atoms with E-state index in [4.69, 9.17) is 0 Å². The molecular formula is C17H21N3O3. The molecule has 0 bridgehead atoms. The van der Waals surface area contributed by atoms with Gasteiger partial charge in [0, 0.05) is 25.4 Å². The maximum atomic E-state index is 12.0. The van der Waals surface area contributed by atoms with Crippen LogP contribution in [0.2, 0.25) is 0 Å². The van der Waals surface area contributed by atoms with Crippen molar-refractivity contribution in [3.05, 3.63) is 47.8 Å². The second kappa shape index (κ2) is 6.64. The Kier molecular flexibility index (Phi) is 4.83. The molecule has 0 radical (unpaired) electrons. The highest BCUT2D eigenvalue weighted by Gasteiger charge is 2.29. The zero-order chi connectivity index (χ0) is 17.0. The van der Waals surface area contributed by atoms with E-state index in [-0.39, 0.29) is 5.91 Å². The number of rotatable bonds is 6. The lowest BCUT2D eigenvalue weighted by Crippen LogP contribution is -2.28. The number of benzene rings is 1. The first-order valence-corrected chi connectivity index (χ1v) is 7.40. The molecule has 0 unspecified atom stereocenters. The van der Waals surface area contributed by atoms with Gasteiger partial charge in [-0.25, -0.2) is 0 Å². The Balaban J connectivity index is 1.92. The van der Waals surface area contributed by atoms with Crippen LogP contribution in [0.4, 0.5) is 5.69 Å². The SMILES string of the molecule is Cn1cc(CCC(=O)Nc2ccc(C(C)(C)C(=O)O)cc2)cn1. The Morgan fingerprint density at radius 2 is 1.91 bits per heavy atom. The van der Waals surface area contributed by atoms with Gasteiger partial charge in [-0.2, -0.15) is 5.10 Å². The molecule has 0 fully saturated rings. The number of carbonyl (C=O) groups is 2. The molecule has 0 saturated heterocycles. The second-order valence-electron chi connectivity index (χ2n) is 6.08. The fourth-order valence-electron chi connectivity index (χ4n) is 2.18. The summed E-state index contributed by atoms with van der Waals surface area (Å²) in [5.74, 6) is -0.968. The third-order valence-electron chi connectivity index (χ3n) is 3.82. The lowest BCUT2D eigenvalue weighted by molar-refractivity contribution is -0.142. The van der Waals surface area contributed by atoms with Crippen LogP contribution in [0.3, 0.4) is 0 Å². The van der Waals surface area contributed by atoms with Crippen molar-refractivity contribution in [1.29, 1.82) is 0 Å². The number of amides is 1. The van der Waals surface area contributed by atoms with E-state index >= 15 is 0 Å². The van der Waals surface area contributed by atoms with Crippen LogP contribution in [0.5, 0.6) is 0 Å². The number of carboxylic acids is 1. The van der Waals surface area contributed by atoms with Gasteiger partial charge in [0.1, 0.15) is 0 Å². The van der Waals surface area contributed by atoms with Gasteiger partial charge in [-0.15, -0.1) is 0 Å². The fraction of sp³-hybridized carbons (Fsp3) is 0.353. The number of hydrogen-bond acceptors (Lipinski definition) is 3. The Hall–Kier alpha value is -2.63. The number of anilines is 1. The molecule has 6 heteroatoms. The monoisotopic (exact) mass is 315 g/mol. The minimum absolute atomic E-state index is 0.0842. The minimum Gasteiger partial charge on any atom is -0.481 e. The molecule has 0 aliphatic carbocycles. The molecule has 2 N–H and O–H groups in total. The van der Waals surface area contributed by atoms with E-state index in [9.17, 15) is 14.7 Å². The summed E-state index contributed by atoms with van der Waals surface area (Å²) in [7, 11) is 1.84. The highest BCUT2D eigenvalue weighted by Crippen LogP contribution is 2.24. The van der Waals surface area contributed by atoms with Crippen LogP contribution in [0.15, 0.2) is 36.7 Å². The zero-order valence-electron chi connectivity index (χ0n) is 13.5. The molecule has 1 heterocycles. The molecule has 2 rings (SSSR count). The third kappa shape index (κ3) is 4.18. The molecule has 0 aliphatic heterocycles. The first-order valence-electron chi connectivity index (χ1n) is 7.40. The number of aromatic nitrogens is 2. The number of carboxylic acid groups (broad SMARTS) is 1. The predicted molar refractivity (Wildman–Crippen MR) is 87.3 cm³/mol. The van der Waals surface area contributed by atoms with Crippen molar-refractivity contribution in [1.82, 2.24) is 9.78 Å². The van der Waals surface area contributed by atoms with Gasteiger partial charge < -0.3 is 10.4 Å². The number of aliphatic carboxylic acids is 1. The van der Waals surface area contributed by atoms with E-state index in [2.05, 4.69) is 10.4 Å². The summed E-state index contributed by atoms with van der Waals surface area (Å²) in [4.78, 5) is 23.2. The van der Waals surface area contributed by atoms with Gasteiger partial charge in [-0.1, -0.05) is 12.1 Å². The molecule has 23 heavy (non-hydrogen) atoms. The first kappa shape index (κ1) is 16.7. The van der Waals surface area contributed by atoms with Crippen LogP contribution in [0.25, 0.3) is 0 Å². The van der Waals surface area contributed by atoms with E-state index in [0.717, 1.165) is 5.56 Å². The van der Waals surface area contributed by atoms with E-state index in [0.29, 0.717) is 24.1 Å². The number of hydrogen-bond donors (Lipinski definition) is 2. The standard InChI is InChI=1S/C17H21N3O3/c1-17(2,16(22)23)13-5-7-14(8-6-13)19-15(21)9-4-12-10-18-20(3)11-12/h5-8,10-11H,4,9H2,1-3H3,(H,19,21)(H,22,23). The van der Waals surface area contributed by atoms with Gasteiger partial charge in [0.05, 0.1) is 11.6 Å². The molecule has 1 aromatic carbocycles. The van der Waals surface area contributed by atoms with Gasteiger partial charge in [-0.05, 0) is 43.5 Å². The summed E-state index contributed by atoms with van der Waals surface area (Å²) >= 11 is 0. The Bertz CT molecular complexity index is 702. The molecule has 0 atom stereocenters. The summed E-state index contributed by atoms with van der Waals surface area (Å²) in [5.41, 5.74) is 1.41. The Morgan fingerprint density at radius 1 is 1.26 bits per heavy atom. The van der Waals surface area contributed by atoms with Gasteiger partial charge >= 0.3 is 5.97 Å². The topological polar surface area (TPSA) is 84.2 Å². The third-order valence-corrected chi connectivity index (χ3v) is 3.82. The number of nitrogens with zero attached hydrogens (tertiary/aromatic N) is 2. The fourth-order valence-corrected chi connectivity index (χ4v) is 2.18. The molecule has 2 aromatic rings. The van der Waals surface area contributed by atoms with Gasteiger partial charge in [-0.3, -0.25) is 14.3 Å². The molecule has 6 nitrogen and oxygen atoms in total. The zero-order valence-corrected chi connectivity index (χ0v) is 13.5. The van der Waals surface area contributed by atoms with Crippen LogP contribution in [-0.4, -0.2) is 26.8 Å². The van der Waals surface area contributed by atoms with Gasteiger partial charge in [0.25, 0.3) is 0 Å². The van der Waals surface area contributed by atoms with Gasteiger partial charge in [0.15, 0.2) is 0 Å². The first-order chi connectivity index (χ1) is 10.8. The minimum atomic E-state index is -0.956. The lowest BCUT2D eigenvalue weighted by Gasteiger charge is -2.19. The normalized spacial score (nSPS) is 11.3. The van der Waals surface area contributed by atoms with E-state index in [1.807, 2.05) is 13.2 Å². The van der Waals surface area contributed by atoms with Crippen LogP contribution in [0.1, 0.15) is 31.4 Å². The van der Waals surface area contributed by atoms with Crippen molar-refractivity contribution in [3.63, 3.8) is 0 Å². The van der Waals surface area contributed by atoms with E-state index in [1.54, 1.807) is 49.0 Å². The molecular weight excluding hydrogens is 294 g/mol. The molecule has 122 valence electrons. The molecule has 0 aliphatic rings. The van der Waals surface area contributed by atoms with E-state index in [1.165, 1.54) is 0 Å². The maximum Gasteiger partial charge on any atom is 0.313 e. The van der Waals surface area contributed by atoms with Crippen molar-refractivity contribution in [3.8, 4) is 0 Å². The Labute approximate surface area is 135 Å². The number of carbonyl (C=O) groups excluding carboxylic acids is 1. The summed E-state index contributed by atoms with van der Waals surface area (Å²) < 4.78 is 1.70. The number of nitrogens with one attached hydrogen (secondary N) is 1. The van der Waals surface area contributed by atoms with Crippen molar-refractivity contribution < 1.29 is 14.7 Å². The summed E-state index contributed by atoms with van der Waals surface area (Å²) in [6.07, 6.45) is 4.63. The molecule has 1 aromatic heterocycles. The van der Waals surface area contributed by atoms with Crippen molar-refractivity contribution in [2.24, 2.45) is 7.05 Å². The quantitative estimate of drug-likeness (QED) is 0.857. The highest BCUT2D eigenvalue weighted by atomic mass is 16.4. The number of aryl methyl sites for hydroxylation is 2. The molecule has 1 amide bonds. The highest BCUT2D eigenvalue weighted by molar-refractivity contribution is 5.91. The van der Waals surface area contributed by atoms with Crippen molar-refractivity contribution >= 4 is 17.6 Å². The molecule has 0 saturated carbocycles. The summed E-state index contributed by atoms with van der Waals surface area (Å²) in [6.45, 7) is 3.30. The summed E-state index contributed by atoms with van der Waals surface area (Å²) in [6, 6.07) is 6.90. The van der Waals surface area contributed by atoms with E-state index < -0.39 is 11.4 Å². The average molecular weight is 315 g/mol. The van der Waals surface area contributed by atoms with Crippen LogP contribution >= 0.6 is 0 Å². The largest absolute Gasteiger partial charge is 0.481 e. The van der Waals surface area contributed by atoms with Crippen molar-refractivity contribution in [2.75, 3.05) is 5.32 Å².